The van der Waals surface area contributed by atoms with Gasteiger partial charge in [0.25, 0.3) is 0 Å². The van der Waals surface area contributed by atoms with Gasteiger partial charge in [0.15, 0.2) is 0 Å². The zero-order valence-electron chi connectivity index (χ0n) is 13.0. The summed E-state index contributed by atoms with van der Waals surface area (Å²) in [7, 11) is 1.77. The number of carbonyl (C=O) groups is 1. The summed E-state index contributed by atoms with van der Waals surface area (Å²) in [5.74, 6) is 0.691. The van der Waals surface area contributed by atoms with Crippen LogP contribution >= 0.6 is 0 Å². The number of nitrogens with one attached hydrogen (secondary N) is 1. The second-order valence-corrected chi connectivity index (χ2v) is 6.39. The van der Waals surface area contributed by atoms with E-state index in [2.05, 4.69) is 26.1 Å². The molecule has 0 aliphatic carbocycles. The molecule has 0 saturated heterocycles. The predicted octanol–water partition coefficient (Wildman–Crippen LogP) is 2.88. The first-order valence-electron chi connectivity index (χ1n) is 6.79. The molecule has 0 rings (SSSR count). The van der Waals surface area contributed by atoms with Crippen LogP contribution in [0, 0.1) is 5.92 Å². The molecule has 0 aliphatic rings. The molecule has 0 fully saturated rings. The SMILES string of the molecule is CC(C)CC(C)NCCN(C)C(=O)OC(C)(C)C. The Hall–Kier alpha value is -0.770. The Bertz CT molecular complexity index is 247. The molecule has 4 heteroatoms. The van der Waals surface area contributed by atoms with Crippen LogP contribution in [0.1, 0.15) is 48.0 Å². The second-order valence-electron chi connectivity index (χ2n) is 6.39. The molecule has 0 saturated carbocycles. The predicted molar refractivity (Wildman–Crippen MR) is 75.8 cm³/mol. The van der Waals surface area contributed by atoms with Gasteiger partial charge < -0.3 is 15.0 Å². The Kier molecular flexibility index (Phi) is 7.29. The number of carbonyl (C=O) groups excluding carboxylic acids is 1. The number of likely N-dealkylation sites (N-methyl/N-ethyl adjacent to an activating group) is 1. The summed E-state index contributed by atoms with van der Waals surface area (Å²) in [6.07, 6.45) is 0.886. The highest BCUT2D eigenvalue weighted by molar-refractivity contribution is 5.67. The summed E-state index contributed by atoms with van der Waals surface area (Å²) >= 11 is 0. The Balaban J connectivity index is 3.83. The van der Waals surface area contributed by atoms with Crippen LogP contribution in [0.4, 0.5) is 4.79 Å². The van der Waals surface area contributed by atoms with E-state index >= 15 is 0 Å². The molecule has 0 aromatic rings. The number of hydrogen-bond acceptors (Lipinski definition) is 3. The fourth-order valence-electron chi connectivity index (χ4n) is 1.70. The van der Waals surface area contributed by atoms with Gasteiger partial charge in [-0.05, 0) is 40.0 Å². The average molecular weight is 258 g/mol. The van der Waals surface area contributed by atoms with Gasteiger partial charge in [0.05, 0.1) is 0 Å². The van der Waals surface area contributed by atoms with E-state index in [-0.39, 0.29) is 6.09 Å². The van der Waals surface area contributed by atoms with Crippen molar-refractivity contribution in [2.75, 3.05) is 20.1 Å². The molecular weight excluding hydrogens is 228 g/mol. The molecule has 0 radical (unpaired) electrons. The maximum atomic E-state index is 11.7. The van der Waals surface area contributed by atoms with Gasteiger partial charge in [0.1, 0.15) is 5.60 Å². The van der Waals surface area contributed by atoms with Crippen molar-refractivity contribution in [1.82, 2.24) is 10.2 Å². The number of amides is 1. The summed E-state index contributed by atoms with van der Waals surface area (Å²) in [5.41, 5.74) is -0.427. The topological polar surface area (TPSA) is 41.6 Å². The van der Waals surface area contributed by atoms with Gasteiger partial charge in [-0.2, -0.15) is 0 Å². The standard InChI is InChI=1S/C14H30N2O2/c1-11(2)10-12(3)15-8-9-16(7)13(17)18-14(4,5)6/h11-12,15H,8-10H2,1-7H3. The molecule has 108 valence electrons. The van der Waals surface area contributed by atoms with Crippen molar-refractivity contribution in [1.29, 1.82) is 0 Å². The summed E-state index contributed by atoms with van der Waals surface area (Å²) < 4.78 is 5.28. The monoisotopic (exact) mass is 258 g/mol. The van der Waals surface area contributed by atoms with E-state index < -0.39 is 5.60 Å². The maximum Gasteiger partial charge on any atom is 0.410 e. The van der Waals surface area contributed by atoms with Gasteiger partial charge in [-0.3, -0.25) is 0 Å². The lowest BCUT2D eigenvalue weighted by Crippen LogP contribution is -2.40. The zero-order valence-corrected chi connectivity index (χ0v) is 13.0. The quantitative estimate of drug-likeness (QED) is 0.796. The first-order valence-corrected chi connectivity index (χ1v) is 6.79. The van der Waals surface area contributed by atoms with E-state index in [9.17, 15) is 4.79 Å². The van der Waals surface area contributed by atoms with Gasteiger partial charge in [-0.1, -0.05) is 13.8 Å². The highest BCUT2D eigenvalue weighted by Gasteiger charge is 2.19. The smallest absolute Gasteiger partial charge is 0.410 e. The van der Waals surface area contributed by atoms with Crippen LogP contribution in [0.2, 0.25) is 0 Å². The third kappa shape index (κ3) is 9.28. The van der Waals surface area contributed by atoms with E-state index in [1.165, 1.54) is 0 Å². The minimum atomic E-state index is -0.427. The zero-order chi connectivity index (χ0) is 14.3. The Morgan fingerprint density at radius 2 is 1.83 bits per heavy atom. The Morgan fingerprint density at radius 3 is 2.28 bits per heavy atom. The average Bonchev–Trinajstić information content (AvgIpc) is 2.13. The van der Waals surface area contributed by atoms with E-state index in [0.29, 0.717) is 18.5 Å². The minimum Gasteiger partial charge on any atom is -0.444 e. The fraction of sp³-hybridized carbons (Fsp3) is 0.929. The molecule has 0 aromatic carbocycles. The molecular formula is C14H30N2O2. The summed E-state index contributed by atoms with van der Waals surface area (Å²) in [6.45, 7) is 13.7. The van der Waals surface area contributed by atoms with E-state index in [1.54, 1.807) is 11.9 Å². The highest BCUT2D eigenvalue weighted by atomic mass is 16.6. The number of nitrogens with zero attached hydrogens (tertiary/aromatic N) is 1. The third-order valence-electron chi connectivity index (χ3n) is 2.47. The van der Waals surface area contributed by atoms with Crippen LogP contribution in [0.15, 0.2) is 0 Å². The Labute approximate surface area is 112 Å². The van der Waals surface area contributed by atoms with Crippen LogP contribution in [0.3, 0.4) is 0 Å². The lowest BCUT2D eigenvalue weighted by molar-refractivity contribution is 0.0299. The molecule has 1 amide bonds. The van der Waals surface area contributed by atoms with Crippen molar-refractivity contribution >= 4 is 6.09 Å². The van der Waals surface area contributed by atoms with Crippen molar-refractivity contribution in [3.05, 3.63) is 0 Å². The molecule has 0 spiro atoms. The molecule has 0 bridgehead atoms. The summed E-state index contributed by atoms with van der Waals surface area (Å²) in [6, 6.07) is 0.483. The molecule has 1 unspecified atom stereocenters. The third-order valence-corrected chi connectivity index (χ3v) is 2.47. The highest BCUT2D eigenvalue weighted by Crippen LogP contribution is 2.08. The lowest BCUT2D eigenvalue weighted by atomic mass is 10.1. The van der Waals surface area contributed by atoms with Crippen LogP contribution in [-0.2, 0) is 4.74 Å². The van der Waals surface area contributed by atoms with Crippen LogP contribution in [0.5, 0.6) is 0 Å². The van der Waals surface area contributed by atoms with Crippen LogP contribution < -0.4 is 5.32 Å². The van der Waals surface area contributed by atoms with Crippen LogP contribution in [0.25, 0.3) is 0 Å². The van der Waals surface area contributed by atoms with Crippen molar-refractivity contribution in [3.8, 4) is 0 Å². The van der Waals surface area contributed by atoms with Crippen molar-refractivity contribution in [3.63, 3.8) is 0 Å². The van der Waals surface area contributed by atoms with Crippen LogP contribution in [-0.4, -0.2) is 42.8 Å². The second kappa shape index (κ2) is 7.62. The first-order chi connectivity index (χ1) is 8.11. The van der Waals surface area contributed by atoms with E-state index in [4.69, 9.17) is 4.74 Å². The number of rotatable bonds is 6. The largest absolute Gasteiger partial charge is 0.444 e. The molecule has 0 aromatic heterocycles. The number of ether oxygens (including phenoxy) is 1. The minimum absolute atomic E-state index is 0.263. The molecule has 18 heavy (non-hydrogen) atoms. The van der Waals surface area contributed by atoms with E-state index in [0.717, 1.165) is 13.0 Å². The molecule has 0 aliphatic heterocycles. The van der Waals surface area contributed by atoms with Crippen molar-refractivity contribution < 1.29 is 9.53 Å². The van der Waals surface area contributed by atoms with Gasteiger partial charge in [-0.15, -0.1) is 0 Å². The first kappa shape index (κ1) is 17.2. The summed E-state index contributed by atoms with van der Waals surface area (Å²) in [4.78, 5) is 13.3. The van der Waals surface area contributed by atoms with Gasteiger partial charge in [0.2, 0.25) is 0 Å². The Morgan fingerprint density at radius 1 is 1.28 bits per heavy atom. The van der Waals surface area contributed by atoms with E-state index in [1.807, 2.05) is 20.8 Å². The van der Waals surface area contributed by atoms with Gasteiger partial charge in [-0.25, -0.2) is 4.79 Å². The molecule has 0 heterocycles. The molecule has 1 atom stereocenters. The lowest BCUT2D eigenvalue weighted by Gasteiger charge is -2.25. The number of hydrogen-bond donors (Lipinski definition) is 1. The molecule has 1 N–H and O–H groups in total. The fourth-order valence-corrected chi connectivity index (χ4v) is 1.70. The summed E-state index contributed by atoms with van der Waals surface area (Å²) in [5, 5.41) is 3.41. The molecule has 4 nitrogen and oxygen atoms in total. The van der Waals surface area contributed by atoms with Gasteiger partial charge in [0, 0.05) is 26.2 Å². The van der Waals surface area contributed by atoms with Crippen molar-refractivity contribution in [2.24, 2.45) is 5.92 Å². The van der Waals surface area contributed by atoms with Crippen molar-refractivity contribution in [2.45, 2.75) is 59.6 Å². The normalized spacial score (nSPS) is 13.6. The maximum absolute atomic E-state index is 11.7. The van der Waals surface area contributed by atoms with Gasteiger partial charge >= 0.3 is 6.09 Å².